The lowest BCUT2D eigenvalue weighted by Crippen LogP contribution is -2.45. The van der Waals surface area contributed by atoms with Crippen molar-refractivity contribution in [3.63, 3.8) is 0 Å². The van der Waals surface area contributed by atoms with E-state index in [9.17, 15) is 9.59 Å². The van der Waals surface area contributed by atoms with E-state index in [1.807, 2.05) is 0 Å². The highest BCUT2D eigenvalue weighted by molar-refractivity contribution is 5.78. The highest BCUT2D eigenvalue weighted by atomic mass is 16.5. The largest absolute Gasteiger partial charge is 0.480 e. The molecule has 0 aliphatic rings. The van der Waals surface area contributed by atoms with Crippen molar-refractivity contribution in [3.05, 3.63) is 0 Å². The van der Waals surface area contributed by atoms with Crippen LogP contribution < -0.4 is 5.73 Å². The van der Waals surface area contributed by atoms with Gasteiger partial charge in [0, 0.05) is 7.11 Å². The smallest absolute Gasteiger partial charge is 0.323 e. The zero-order chi connectivity index (χ0) is 10.4. The van der Waals surface area contributed by atoms with Crippen molar-refractivity contribution < 1.29 is 19.4 Å². The summed E-state index contributed by atoms with van der Waals surface area (Å²) in [5.74, 6) is -1.60. The SMILES string of the molecule is COCC(C(=O)O)N(C)CC(N)=O. The number of hydrogen-bond acceptors (Lipinski definition) is 4. The van der Waals surface area contributed by atoms with Crippen molar-refractivity contribution >= 4 is 11.9 Å². The second-order valence-corrected chi connectivity index (χ2v) is 2.69. The molecule has 1 amide bonds. The minimum Gasteiger partial charge on any atom is -0.480 e. The van der Waals surface area contributed by atoms with Crippen LogP contribution >= 0.6 is 0 Å². The zero-order valence-corrected chi connectivity index (χ0v) is 7.69. The van der Waals surface area contributed by atoms with Crippen LogP contribution in [0, 0.1) is 0 Å². The van der Waals surface area contributed by atoms with Crippen LogP contribution in [0.5, 0.6) is 0 Å². The summed E-state index contributed by atoms with van der Waals surface area (Å²) in [5, 5.41) is 8.71. The molecule has 0 aromatic rings. The Hall–Kier alpha value is -1.14. The van der Waals surface area contributed by atoms with E-state index in [2.05, 4.69) is 0 Å². The maximum Gasteiger partial charge on any atom is 0.323 e. The van der Waals surface area contributed by atoms with E-state index in [-0.39, 0.29) is 13.2 Å². The number of aliphatic carboxylic acids is 1. The van der Waals surface area contributed by atoms with Gasteiger partial charge in [-0.25, -0.2) is 0 Å². The maximum atomic E-state index is 10.6. The fourth-order valence-corrected chi connectivity index (χ4v) is 0.901. The van der Waals surface area contributed by atoms with Gasteiger partial charge in [0.15, 0.2) is 0 Å². The molecule has 1 unspecified atom stereocenters. The predicted octanol–water partition coefficient (Wildman–Crippen LogP) is -1.50. The minimum absolute atomic E-state index is 0.0269. The number of amides is 1. The van der Waals surface area contributed by atoms with Crippen molar-refractivity contribution in [2.24, 2.45) is 5.73 Å². The third kappa shape index (κ3) is 4.44. The van der Waals surface area contributed by atoms with Crippen LogP contribution in [-0.4, -0.2) is 55.2 Å². The van der Waals surface area contributed by atoms with E-state index in [1.54, 1.807) is 0 Å². The topological polar surface area (TPSA) is 92.9 Å². The minimum atomic E-state index is -1.04. The third-order valence-corrected chi connectivity index (χ3v) is 1.55. The molecule has 6 heteroatoms. The summed E-state index contributed by atoms with van der Waals surface area (Å²) in [5.41, 5.74) is 4.91. The van der Waals surface area contributed by atoms with Crippen LogP contribution in [0.2, 0.25) is 0 Å². The molecule has 1 atom stereocenters. The van der Waals surface area contributed by atoms with Crippen LogP contribution in [0.15, 0.2) is 0 Å². The lowest BCUT2D eigenvalue weighted by atomic mass is 10.3. The lowest BCUT2D eigenvalue weighted by Gasteiger charge is -2.22. The number of carboxylic acids is 1. The summed E-state index contributed by atoms with van der Waals surface area (Å²) in [6.45, 7) is -0.0700. The summed E-state index contributed by atoms with van der Waals surface area (Å²) in [6, 6.07) is -0.836. The van der Waals surface area contributed by atoms with Gasteiger partial charge in [-0.1, -0.05) is 0 Å². The van der Waals surface area contributed by atoms with Crippen molar-refractivity contribution in [2.45, 2.75) is 6.04 Å². The molecule has 0 aliphatic heterocycles. The second-order valence-electron chi connectivity index (χ2n) is 2.69. The quantitative estimate of drug-likeness (QED) is 0.532. The molecule has 0 spiro atoms. The van der Waals surface area contributed by atoms with Gasteiger partial charge >= 0.3 is 5.97 Å². The van der Waals surface area contributed by atoms with Crippen LogP contribution in [-0.2, 0) is 14.3 Å². The first-order chi connectivity index (χ1) is 5.99. The number of likely N-dealkylation sites (N-methyl/N-ethyl adjacent to an activating group) is 1. The van der Waals surface area contributed by atoms with E-state index < -0.39 is 17.9 Å². The monoisotopic (exact) mass is 190 g/mol. The molecule has 0 radical (unpaired) electrons. The summed E-state index contributed by atoms with van der Waals surface area (Å²) in [7, 11) is 2.90. The van der Waals surface area contributed by atoms with Crippen molar-refractivity contribution in [1.29, 1.82) is 0 Å². The molecule has 13 heavy (non-hydrogen) atoms. The highest BCUT2D eigenvalue weighted by Gasteiger charge is 2.23. The van der Waals surface area contributed by atoms with E-state index in [0.717, 1.165) is 0 Å². The summed E-state index contributed by atoms with van der Waals surface area (Å²) in [4.78, 5) is 22.5. The number of methoxy groups -OCH3 is 1. The molecule has 0 saturated carbocycles. The van der Waals surface area contributed by atoms with Gasteiger partial charge in [0.25, 0.3) is 0 Å². The van der Waals surface area contributed by atoms with Crippen molar-refractivity contribution in [1.82, 2.24) is 4.90 Å². The number of hydrogen-bond donors (Lipinski definition) is 2. The van der Waals surface area contributed by atoms with E-state index in [0.29, 0.717) is 0 Å². The molecular weight excluding hydrogens is 176 g/mol. The van der Waals surface area contributed by atoms with E-state index in [1.165, 1.54) is 19.1 Å². The molecule has 0 fully saturated rings. The van der Waals surface area contributed by atoms with Crippen LogP contribution in [0.25, 0.3) is 0 Å². The molecule has 76 valence electrons. The molecule has 0 aliphatic carbocycles. The van der Waals surface area contributed by atoms with Crippen LogP contribution in [0.1, 0.15) is 0 Å². The van der Waals surface area contributed by atoms with Gasteiger partial charge in [0.2, 0.25) is 5.91 Å². The molecule has 0 bridgehead atoms. The van der Waals surface area contributed by atoms with Gasteiger partial charge in [-0.05, 0) is 7.05 Å². The highest BCUT2D eigenvalue weighted by Crippen LogP contribution is 1.96. The lowest BCUT2D eigenvalue weighted by molar-refractivity contribution is -0.145. The Morgan fingerprint density at radius 2 is 2.15 bits per heavy atom. The molecule has 0 aromatic heterocycles. The molecule has 6 nitrogen and oxygen atoms in total. The second kappa shape index (κ2) is 5.50. The molecule has 3 N–H and O–H groups in total. The van der Waals surface area contributed by atoms with Crippen molar-refractivity contribution in [3.8, 4) is 0 Å². The van der Waals surface area contributed by atoms with Gasteiger partial charge in [-0.3, -0.25) is 14.5 Å². The number of rotatable bonds is 6. The average Bonchev–Trinajstić information content (AvgIpc) is 1.97. The molecule has 0 aromatic carbocycles. The number of ether oxygens (including phenoxy) is 1. The van der Waals surface area contributed by atoms with Gasteiger partial charge < -0.3 is 15.6 Å². The average molecular weight is 190 g/mol. The molecule has 0 saturated heterocycles. The standard InChI is InChI=1S/C7H14N2O4/c1-9(3-6(8)10)5(4-13-2)7(11)12/h5H,3-4H2,1-2H3,(H2,8,10)(H,11,12). The van der Waals surface area contributed by atoms with E-state index >= 15 is 0 Å². The van der Waals surface area contributed by atoms with Gasteiger partial charge in [0.1, 0.15) is 6.04 Å². The Balaban J connectivity index is 4.18. The first kappa shape index (κ1) is 11.9. The van der Waals surface area contributed by atoms with Crippen LogP contribution in [0.3, 0.4) is 0 Å². The number of nitrogens with zero attached hydrogens (tertiary/aromatic N) is 1. The first-order valence-electron chi connectivity index (χ1n) is 3.69. The predicted molar refractivity (Wildman–Crippen MR) is 45.1 cm³/mol. The Labute approximate surface area is 76.3 Å². The number of nitrogens with two attached hydrogens (primary N) is 1. The summed E-state index contributed by atoms with van der Waals surface area (Å²) in [6.07, 6.45) is 0. The normalized spacial score (nSPS) is 12.8. The number of carboxylic acid groups (broad SMARTS) is 1. The van der Waals surface area contributed by atoms with Gasteiger partial charge in [0.05, 0.1) is 13.2 Å². The Kier molecular flexibility index (Phi) is 5.01. The summed E-state index contributed by atoms with van der Waals surface area (Å²) < 4.78 is 4.69. The fourth-order valence-electron chi connectivity index (χ4n) is 0.901. The maximum absolute atomic E-state index is 10.6. The first-order valence-corrected chi connectivity index (χ1v) is 3.69. The van der Waals surface area contributed by atoms with Crippen LogP contribution in [0.4, 0.5) is 0 Å². The Morgan fingerprint density at radius 3 is 2.46 bits per heavy atom. The number of carbonyl (C=O) groups excluding carboxylic acids is 1. The van der Waals surface area contributed by atoms with E-state index in [4.69, 9.17) is 15.6 Å². The van der Waals surface area contributed by atoms with Crippen molar-refractivity contribution in [2.75, 3.05) is 27.3 Å². The third-order valence-electron chi connectivity index (χ3n) is 1.55. The molecule has 0 heterocycles. The Bertz CT molecular complexity index is 195. The van der Waals surface area contributed by atoms with Gasteiger partial charge in [-0.2, -0.15) is 0 Å². The fraction of sp³-hybridized carbons (Fsp3) is 0.714. The molecule has 0 rings (SSSR count). The molecular formula is C7H14N2O4. The summed E-state index contributed by atoms with van der Waals surface area (Å²) >= 11 is 0. The van der Waals surface area contributed by atoms with Gasteiger partial charge in [-0.15, -0.1) is 0 Å². The Morgan fingerprint density at radius 1 is 1.62 bits per heavy atom. The number of carbonyl (C=O) groups is 2. The zero-order valence-electron chi connectivity index (χ0n) is 7.69. The number of primary amides is 1.